The summed E-state index contributed by atoms with van der Waals surface area (Å²) in [4.78, 5) is 44.8. The number of carboxylic acids is 1. The summed E-state index contributed by atoms with van der Waals surface area (Å²) in [5.41, 5.74) is -0.335. The molecule has 10 heteroatoms. The molecule has 0 saturated heterocycles. The zero-order valence-corrected chi connectivity index (χ0v) is 20.1. The van der Waals surface area contributed by atoms with E-state index in [1.165, 1.54) is 18.5 Å². The number of allylic oxidation sites excluding steroid dienone is 1. The second-order valence-electron chi connectivity index (χ2n) is 8.84. The Kier molecular flexibility index (Phi) is 7.62. The maximum Gasteiger partial charge on any atom is 0.354 e. The van der Waals surface area contributed by atoms with E-state index in [9.17, 15) is 14.4 Å². The van der Waals surface area contributed by atoms with Crippen LogP contribution in [0, 0.1) is 11.8 Å². The highest BCUT2D eigenvalue weighted by Gasteiger charge is 2.22. The Morgan fingerprint density at radius 2 is 1.86 bits per heavy atom. The van der Waals surface area contributed by atoms with Crippen LogP contribution in [0.15, 0.2) is 65.0 Å². The number of aromatic nitrogens is 4. The molecule has 36 heavy (non-hydrogen) atoms. The monoisotopic (exact) mass is 491 g/mol. The molecule has 0 atom stereocenters. The summed E-state index contributed by atoms with van der Waals surface area (Å²) >= 11 is 0. The van der Waals surface area contributed by atoms with Crippen molar-refractivity contribution in [1.29, 1.82) is 0 Å². The van der Waals surface area contributed by atoms with Gasteiger partial charge in [-0.25, -0.2) is 19.0 Å². The minimum absolute atomic E-state index is 0.0228. The quantitative estimate of drug-likeness (QED) is 0.429. The first kappa shape index (κ1) is 24.9. The fourth-order valence-electron chi connectivity index (χ4n) is 4.39. The number of nitrogens with one attached hydrogen (secondary N) is 1. The lowest BCUT2D eigenvalue weighted by molar-refractivity contribution is 0.0696. The van der Waals surface area contributed by atoms with Crippen LogP contribution < -0.4 is 21.4 Å². The summed E-state index contributed by atoms with van der Waals surface area (Å²) in [5.74, 6) is 0.699. The highest BCUT2D eigenvalue weighted by molar-refractivity contribution is 5.87. The van der Waals surface area contributed by atoms with Gasteiger partial charge < -0.3 is 15.2 Å². The lowest BCUT2D eigenvalue weighted by Crippen LogP contribution is -2.43. The average Bonchev–Trinajstić information content (AvgIpc) is 2.88. The lowest BCUT2D eigenvalue weighted by atomic mass is 9.82. The topological polar surface area (TPSA) is 128 Å². The van der Waals surface area contributed by atoms with Crippen molar-refractivity contribution in [2.45, 2.75) is 45.7 Å². The third-order valence-electron chi connectivity index (χ3n) is 6.44. The Morgan fingerprint density at radius 3 is 2.50 bits per heavy atom. The van der Waals surface area contributed by atoms with Gasteiger partial charge in [-0.15, -0.1) is 6.58 Å². The molecule has 4 rings (SSSR count). The minimum Gasteiger partial charge on any atom is -0.478 e. The number of benzene rings is 1. The zero-order valence-electron chi connectivity index (χ0n) is 20.1. The maximum absolute atomic E-state index is 13.1. The largest absolute Gasteiger partial charge is 0.478 e. The zero-order chi connectivity index (χ0) is 25.7. The number of pyridine rings is 1. The number of carbonyl (C=O) groups is 1. The number of aromatic carboxylic acids is 1. The third kappa shape index (κ3) is 5.70. The second-order valence-corrected chi connectivity index (χ2v) is 8.84. The van der Waals surface area contributed by atoms with Gasteiger partial charge in [0.2, 0.25) is 5.95 Å². The van der Waals surface area contributed by atoms with Gasteiger partial charge in [-0.1, -0.05) is 6.08 Å². The van der Waals surface area contributed by atoms with Crippen LogP contribution in [0.25, 0.3) is 0 Å². The average molecular weight is 492 g/mol. The molecular weight excluding hydrogens is 462 g/mol. The van der Waals surface area contributed by atoms with Crippen LogP contribution in [0.4, 0.5) is 11.6 Å². The van der Waals surface area contributed by atoms with Crippen molar-refractivity contribution in [2.24, 2.45) is 11.8 Å². The van der Waals surface area contributed by atoms with E-state index in [4.69, 9.17) is 9.84 Å². The first-order valence-electron chi connectivity index (χ1n) is 12.0. The van der Waals surface area contributed by atoms with E-state index in [0.29, 0.717) is 35.6 Å². The van der Waals surface area contributed by atoms with Crippen LogP contribution in [0.5, 0.6) is 11.5 Å². The van der Waals surface area contributed by atoms with Crippen molar-refractivity contribution in [3.05, 3.63) is 81.9 Å². The highest BCUT2D eigenvalue weighted by Crippen LogP contribution is 2.31. The summed E-state index contributed by atoms with van der Waals surface area (Å²) in [6, 6.07) is 8.20. The first-order valence-corrected chi connectivity index (χ1v) is 12.0. The number of rotatable bonds is 9. The predicted octanol–water partition coefficient (Wildman–Crippen LogP) is 4.05. The molecule has 1 fully saturated rings. The van der Waals surface area contributed by atoms with Gasteiger partial charge in [-0.3, -0.25) is 9.55 Å². The van der Waals surface area contributed by atoms with Crippen molar-refractivity contribution >= 4 is 17.6 Å². The van der Waals surface area contributed by atoms with Gasteiger partial charge in [0.15, 0.2) is 0 Å². The molecule has 0 spiro atoms. The van der Waals surface area contributed by atoms with E-state index in [1.54, 1.807) is 35.8 Å². The van der Waals surface area contributed by atoms with Crippen LogP contribution in [-0.4, -0.2) is 30.2 Å². The summed E-state index contributed by atoms with van der Waals surface area (Å²) in [5, 5.41) is 12.2. The van der Waals surface area contributed by atoms with Crippen molar-refractivity contribution < 1.29 is 14.6 Å². The minimum atomic E-state index is -1.09. The van der Waals surface area contributed by atoms with Crippen molar-refractivity contribution in [2.75, 3.05) is 5.32 Å². The van der Waals surface area contributed by atoms with Gasteiger partial charge in [0.25, 0.3) is 0 Å². The van der Waals surface area contributed by atoms with Gasteiger partial charge in [-0.05, 0) is 74.8 Å². The molecule has 0 amide bonds. The Labute approximate surface area is 207 Å². The Hall–Kier alpha value is -4.21. The molecule has 188 valence electrons. The molecule has 1 aromatic carbocycles. The summed E-state index contributed by atoms with van der Waals surface area (Å²) in [6.45, 7) is 6.37. The van der Waals surface area contributed by atoms with E-state index in [0.717, 1.165) is 30.3 Å². The second kappa shape index (κ2) is 11.0. The normalized spacial score (nSPS) is 17.4. The number of hydrogen-bond acceptors (Lipinski definition) is 7. The van der Waals surface area contributed by atoms with Crippen LogP contribution in [0.1, 0.15) is 43.0 Å². The number of ether oxygens (including phenoxy) is 1. The summed E-state index contributed by atoms with van der Waals surface area (Å²) < 4.78 is 8.39. The molecule has 0 unspecified atom stereocenters. The summed E-state index contributed by atoms with van der Waals surface area (Å²) in [6.07, 6.45) is 8.72. The summed E-state index contributed by atoms with van der Waals surface area (Å²) in [7, 11) is 0. The van der Waals surface area contributed by atoms with Crippen molar-refractivity contribution in [3.8, 4) is 11.5 Å². The number of nitrogens with zero attached hydrogens (tertiary/aromatic N) is 4. The third-order valence-corrected chi connectivity index (χ3v) is 6.44. The van der Waals surface area contributed by atoms with Gasteiger partial charge in [0.05, 0.1) is 11.8 Å². The fraction of sp³-hybridized carbons (Fsp3) is 0.346. The maximum atomic E-state index is 13.1. The smallest absolute Gasteiger partial charge is 0.354 e. The lowest BCUT2D eigenvalue weighted by Gasteiger charge is -2.27. The number of anilines is 2. The van der Waals surface area contributed by atoms with Gasteiger partial charge in [0, 0.05) is 25.0 Å². The molecule has 2 heterocycles. The molecule has 3 aromatic rings. The van der Waals surface area contributed by atoms with E-state index < -0.39 is 11.7 Å². The van der Waals surface area contributed by atoms with E-state index in [2.05, 4.69) is 21.9 Å². The van der Waals surface area contributed by atoms with Gasteiger partial charge in [-0.2, -0.15) is 4.98 Å². The Balaban J connectivity index is 1.54. The van der Waals surface area contributed by atoms with E-state index in [1.807, 2.05) is 6.08 Å². The molecule has 0 bridgehead atoms. The molecule has 1 aliphatic rings. The Morgan fingerprint density at radius 1 is 1.14 bits per heavy atom. The van der Waals surface area contributed by atoms with E-state index in [-0.39, 0.29) is 23.7 Å². The molecule has 2 N–H and O–H groups in total. The first-order chi connectivity index (χ1) is 17.4. The molecule has 10 nitrogen and oxygen atoms in total. The van der Waals surface area contributed by atoms with Crippen LogP contribution in [-0.2, 0) is 13.1 Å². The van der Waals surface area contributed by atoms with Crippen LogP contribution in [0.2, 0.25) is 0 Å². The van der Waals surface area contributed by atoms with Gasteiger partial charge in [0.1, 0.15) is 11.5 Å². The molecule has 2 aromatic heterocycles. The number of hydrogen-bond donors (Lipinski definition) is 2. The molecule has 0 aliphatic heterocycles. The van der Waals surface area contributed by atoms with Crippen molar-refractivity contribution in [1.82, 2.24) is 19.1 Å². The van der Waals surface area contributed by atoms with E-state index >= 15 is 0 Å². The molecule has 0 radical (unpaired) electrons. The molecule has 1 saturated carbocycles. The van der Waals surface area contributed by atoms with Gasteiger partial charge >= 0.3 is 17.3 Å². The fourth-order valence-corrected chi connectivity index (χ4v) is 4.39. The SMILES string of the molecule is C=CC1CCC(Cn2c(Nc3ccc(Oc4cncc(C(=O)O)c4)cc3)nc(=O)n(CC)c2=O)CC1. The van der Waals surface area contributed by atoms with Crippen LogP contribution >= 0.6 is 0 Å². The number of carboxylic acid groups (broad SMARTS) is 1. The molecular formula is C26H29N5O5. The highest BCUT2D eigenvalue weighted by atomic mass is 16.5. The molecule has 1 aliphatic carbocycles. The standard InChI is InChI=1S/C26H29N5O5/c1-3-17-5-7-18(8-6-17)16-31-24(29-25(34)30(4-2)26(31)35)28-20-9-11-21(12-10-20)36-22-13-19(23(32)33)14-27-15-22/h3,9-15,17-18H,1,4-8,16H2,2H3,(H,32,33)(H,28,29,34). The van der Waals surface area contributed by atoms with Crippen LogP contribution in [0.3, 0.4) is 0 Å². The Bertz CT molecular complexity index is 1350. The predicted molar refractivity (Wildman–Crippen MR) is 135 cm³/mol. The van der Waals surface area contributed by atoms with Crippen molar-refractivity contribution in [3.63, 3.8) is 0 Å².